The fourth-order valence-electron chi connectivity index (χ4n) is 2.74. The molecule has 0 heterocycles. The summed E-state index contributed by atoms with van der Waals surface area (Å²) in [5.74, 6) is -0.755. The van der Waals surface area contributed by atoms with Crippen molar-refractivity contribution in [2.24, 2.45) is 11.8 Å². The predicted octanol–water partition coefficient (Wildman–Crippen LogP) is 2.19. The summed E-state index contributed by atoms with van der Waals surface area (Å²) in [6, 6.07) is 6.39. The topological polar surface area (TPSA) is 92.5 Å². The van der Waals surface area contributed by atoms with Gasteiger partial charge in [0, 0.05) is 18.7 Å². The number of carboxylic acids is 1. The lowest BCUT2D eigenvalue weighted by Gasteiger charge is -2.16. The summed E-state index contributed by atoms with van der Waals surface area (Å²) in [4.78, 5) is 21.2. The van der Waals surface area contributed by atoms with E-state index in [0.29, 0.717) is 13.1 Å². The molecule has 0 radical (unpaired) electrons. The molecule has 0 aliphatic heterocycles. The van der Waals surface area contributed by atoms with Gasteiger partial charge >= 0.3 is 5.97 Å². The van der Waals surface area contributed by atoms with Crippen LogP contribution in [0.1, 0.15) is 24.8 Å². The molecule has 0 aromatic heterocycles. The van der Waals surface area contributed by atoms with Gasteiger partial charge in [-0.2, -0.15) is 0 Å². The molecule has 2 rings (SSSR count). The molecule has 0 bridgehead atoms. The first-order chi connectivity index (χ1) is 9.58. The number of nitro groups is 1. The smallest absolute Gasteiger partial charge is 0.306 e. The van der Waals surface area contributed by atoms with E-state index >= 15 is 0 Å². The Bertz CT molecular complexity index is 486. The van der Waals surface area contributed by atoms with Crippen molar-refractivity contribution in [3.8, 4) is 0 Å². The van der Waals surface area contributed by atoms with E-state index in [1.807, 2.05) is 0 Å². The molecule has 1 aliphatic carbocycles. The molecule has 1 aromatic carbocycles. The van der Waals surface area contributed by atoms with E-state index in [4.69, 9.17) is 5.11 Å². The van der Waals surface area contributed by atoms with Crippen molar-refractivity contribution in [2.75, 3.05) is 6.54 Å². The van der Waals surface area contributed by atoms with Crippen molar-refractivity contribution in [3.63, 3.8) is 0 Å². The number of nitrogens with zero attached hydrogens (tertiary/aromatic N) is 1. The van der Waals surface area contributed by atoms with Crippen molar-refractivity contribution in [1.82, 2.24) is 5.32 Å². The first kappa shape index (κ1) is 14.5. The second kappa shape index (κ2) is 6.47. The summed E-state index contributed by atoms with van der Waals surface area (Å²) >= 11 is 0. The van der Waals surface area contributed by atoms with Gasteiger partial charge in [0.2, 0.25) is 0 Å². The van der Waals surface area contributed by atoms with E-state index in [1.54, 1.807) is 12.1 Å². The van der Waals surface area contributed by atoms with E-state index < -0.39 is 10.9 Å². The standard InChI is InChI=1S/C14H18N2O4/c17-14(18)13-3-1-2-11(13)9-15-8-10-4-6-12(7-5-10)16(19)20/h4-7,11,13,15H,1-3,8-9H2,(H,17,18). The van der Waals surface area contributed by atoms with Crippen LogP contribution in [0.4, 0.5) is 5.69 Å². The second-order valence-corrected chi connectivity index (χ2v) is 5.19. The highest BCUT2D eigenvalue weighted by Gasteiger charge is 2.32. The molecule has 0 amide bonds. The first-order valence-corrected chi connectivity index (χ1v) is 6.75. The predicted molar refractivity (Wildman–Crippen MR) is 73.3 cm³/mol. The van der Waals surface area contributed by atoms with Gasteiger partial charge in [-0.05, 0) is 30.9 Å². The average molecular weight is 278 g/mol. The summed E-state index contributed by atoms with van der Waals surface area (Å²) in [7, 11) is 0. The summed E-state index contributed by atoms with van der Waals surface area (Å²) in [5, 5.41) is 22.9. The fraction of sp³-hybridized carbons (Fsp3) is 0.500. The van der Waals surface area contributed by atoms with E-state index in [-0.39, 0.29) is 17.5 Å². The molecule has 1 saturated carbocycles. The number of hydrogen-bond donors (Lipinski definition) is 2. The third-order valence-corrected chi connectivity index (χ3v) is 3.86. The fourth-order valence-corrected chi connectivity index (χ4v) is 2.74. The molecular weight excluding hydrogens is 260 g/mol. The number of nitro benzene ring substituents is 1. The number of benzene rings is 1. The minimum absolute atomic E-state index is 0.0792. The highest BCUT2D eigenvalue weighted by atomic mass is 16.6. The zero-order valence-electron chi connectivity index (χ0n) is 11.1. The minimum atomic E-state index is -0.704. The Hall–Kier alpha value is -1.95. The van der Waals surface area contributed by atoms with Crippen LogP contribution in [0.2, 0.25) is 0 Å². The van der Waals surface area contributed by atoms with Crippen LogP contribution >= 0.6 is 0 Å². The van der Waals surface area contributed by atoms with Gasteiger partial charge in [-0.3, -0.25) is 14.9 Å². The number of carboxylic acid groups (broad SMARTS) is 1. The summed E-state index contributed by atoms with van der Waals surface area (Å²) in [5.41, 5.74) is 1.04. The molecule has 1 aromatic rings. The van der Waals surface area contributed by atoms with Crippen molar-refractivity contribution in [3.05, 3.63) is 39.9 Å². The zero-order valence-corrected chi connectivity index (χ0v) is 11.1. The quantitative estimate of drug-likeness (QED) is 0.614. The van der Waals surface area contributed by atoms with Crippen LogP contribution in [-0.2, 0) is 11.3 Å². The summed E-state index contributed by atoms with van der Waals surface area (Å²) in [6.07, 6.45) is 2.68. The molecule has 2 N–H and O–H groups in total. The Kier molecular flexibility index (Phi) is 4.68. The average Bonchev–Trinajstić information content (AvgIpc) is 2.88. The van der Waals surface area contributed by atoms with Crippen LogP contribution in [0.5, 0.6) is 0 Å². The number of non-ortho nitro benzene ring substituents is 1. The van der Waals surface area contributed by atoms with Crippen LogP contribution in [0.25, 0.3) is 0 Å². The number of rotatable bonds is 6. The van der Waals surface area contributed by atoms with E-state index in [2.05, 4.69) is 5.32 Å². The van der Waals surface area contributed by atoms with Gasteiger partial charge in [-0.15, -0.1) is 0 Å². The van der Waals surface area contributed by atoms with Gasteiger partial charge < -0.3 is 10.4 Å². The monoisotopic (exact) mass is 278 g/mol. The molecule has 2 unspecified atom stereocenters. The Balaban J connectivity index is 1.81. The second-order valence-electron chi connectivity index (χ2n) is 5.19. The Morgan fingerprint density at radius 3 is 2.65 bits per heavy atom. The van der Waals surface area contributed by atoms with Crippen molar-refractivity contribution in [1.29, 1.82) is 0 Å². The summed E-state index contributed by atoms with van der Waals surface area (Å²) in [6.45, 7) is 1.27. The highest BCUT2D eigenvalue weighted by Crippen LogP contribution is 2.31. The van der Waals surface area contributed by atoms with Crippen LogP contribution in [-0.4, -0.2) is 22.5 Å². The molecule has 6 nitrogen and oxygen atoms in total. The van der Waals surface area contributed by atoms with Crippen LogP contribution in [0.3, 0.4) is 0 Å². The number of nitrogens with one attached hydrogen (secondary N) is 1. The Labute approximate surface area is 117 Å². The van der Waals surface area contributed by atoms with Gasteiger partial charge in [-0.1, -0.05) is 18.6 Å². The molecule has 1 aliphatic rings. The zero-order chi connectivity index (χ0) is 14.5. The maximum atomic E-state index is 11.1. The van der Waals surface area contributed by atoms with Crippen molar-refractivity contribution in [2.45, 2.75) is 25.8 Å². The lowest BCUT2D eigenvalue weighted by atomic mass is 9.96. The first-order valence-electron chi connectivity index (χ1n) is 6.75. The maximum Gasteiger partial charge on any atom is 0.306 e. The minimum Gasteiger partial charge on any atom is -0.481 e. The van der Waals surface area contributed by atoms with Gasteiger partial charge in [-0.25, -0.2) is 0 Å². The number of hydrogen-bond acceptors (Lipinski definition) is 4. The van der Waals surface area contributed by atoms with Gasteiger partial charge in [0.05, 0.1) is 10.8 Å². The molecule has 0 spiro atoms. The van der Waals surface area contributed by atoms with Crippen LogP contribution < -0.4 is 5.32 Å². The molecule has 0 saturated heterocycles. The normalized spacial score (nSPS) is 21.8. The molecule has 6 heteroatoms. The molecule has 1 fully saturated rings. The third-order valence-electron chi connectivity index (χ3n) is 3.86. The van der Waals surface area contributed by atoms with Crippen molar-refractivity contribution >= 4 is 11.7 Å². The lowest BCUT2D eigenvalue weighted by Crippen LogP contribution is -2.28. The Morgan fingerprint density at radius 1 is 1.35 bits per heavy atom. The molecular formula is C14H18N2O4. The largest absolute Gasteiger partial charge is 0.481 e. The van der Waals surface area contributed by atoms with E-state index in [0.717, 1.165) is 24.8 Å². The SMILES string of the molecule is O=C(O)C1CCCC1CNCc1ccc([N+](=O)[O-])cc1. The van der Waals surface area contributed by atoms with Crippen LogP contribution in [0, 0.1) is 22.0 Å². The van der Waals surface area contributed by atoms with Gasteiger partial charge in [0.1, 0.15) is 0 Å². The van der Waals surface area contributed by atoms with E-state index in [9.17, 15) is 14.9 Å². The molecule has 20 heavy (non-hydrogen) atoms. The van der Waals surface area contributed by atoms with Crippen molar-refractivity contribution < 1.29 is 14.8 Å². The third kappa shape index (κ3) is 3.54. The summed E-state index contributed by atoms with van der Waals surface area (Å²) < 4.78 is 0. The lowest BCUT2D eigenvalue weighted by molar-refractivity contribution is -0.384. The maximum absolute atomic E-state index is 11.1. The van der Waals surface area contributed by atoms with Crippen LogP contribution in [0.15, 0.2) is 24.3 Å². The number of aliphatic carboxylic acids is 1. The Morgan fingerprint density at radius 2 is 2.05 bits per heavy atom. The van der Waals surface area contributed by atoms with Gasteiger partial charge in [0.15, 0.2) is 0 Å². The number of carbonyl (C=O) groups is 1. The highest BCUT2D eigenvalue weighted by molar-refractivity contribution is 5.70. The van der Waals surface area contributed by atoms with E-state index in [1.165, 1.54) is 12.1 Å². The molecule has 2 atom stereocenters. The molecule has 108 valence electrons. The van der Waals surface area contributed by atoms with Gasteiger partial charge in [0.25, 0.3) is 5.69 Å².